The molecule has 1 amide bonds. The number of carbonyl (C=O) groups is 2. The Morgan fingerprint density at radius 2 is 2.06 bits per heavy atom. The van der Waals surface area contributed by atoms with Gasteiger partial charge in [0.05, 0.1) is 12.7 Å². The Morgan fingerprint density at radius 1 is 1.33 bits per heavy atom. The Labute approximate surface area is 106 Å². The van der Waals surface area contributed by atoms with Crippen molar-refractivity contribution in [3.05, 3.63) is 35.4 Å². The van der Waals surface area contributed by atoms with Crippen LogP contribution in [0.15, 0.2) is 24.3 Å². The molecule has 1 saturated carbocycles. The highest BCUT2D eigenvalue weighted by atomic mass is 16.5. The molecule has 0 bridgehead atoms. The third-order valence-electron chi connectivity index (χ3n) is 3.32. The topological polar surface area (TPSA) is 55.4 Å². The molecule has 1 fully saturated rings. The molecule has 2 rings (SSSR count). The summed E-state index contributed by atoms with van der Waals surface area (Å²) in [5.41, 5.74) is 0.894. The lowest BCUT2D eigenvalue weighted by atomic mass is 9.85. The zero-order valence-corrected chi connectivity index (χ0v) is 10.4. The monoisotopic (exact) mass is 247 g/mol. The molecule has 0 spiro atoms. The van der Waals surface area contributed by atoms with E-state index in [0.29, 0.717) is 17.0 Å². The summed E-state index contributed by atoms with van der Waals surface area (Å²) < 4.78 is 4.63. The minimum Gasteiger partial charge on any atom is -0.465 e. The van der Waals surface area contributed by atoms with Gasteiger partial charge >= 0.3 is 5.97 Å². The molecule has 1 aliphatic rings. The highest BCUT2D eigenvalue weighted by molar-refractivity contribution is 5.97. The Morgan fingerprint density at radius 3 is 2.67 bits per heavy atom. The first-order valence-electron chi connectivity index (χ1n) is 6.17. The van der Waals surface area contributed by atoms with Crippen LogP contribution < -0.4 is 5.32 Å². The molecular formula is C14H17NO3. The maximum absolute atomic E-state index is 11.9. The molecule has 0 radical (unpaired) electrons. The summed E-state index contributed by atoms with van der Waals surface area (Å²) in [4.78, 5) is 23.2. The molecule has 0 aliphatic heterocycles. The maximum atomic E-state index is 11.9. The third-order valence-corrected chi connectivity index (χ3v) is 3.32. The molecular weight excluding hydrogens is 230 g/mol. The van der Waals surface area contributed by atoms with Crippen LogP contribution >= 0.6 is 0 Å². The largest absolute Gasteiger partial charge is 0.465 e. The van der Waals surface area contributed by atoms with E-state index in [9.17, 15) is 9.59 Å². The summed E-state index contributed by atoms with van der Waals surface area (Å²) in [6, 6.07) is 6.57. The van der Waals surface area contributed by atoms with Crippen molar-refractivity contribution in [3.63, 3.8) is 0 Å². The summed E-state index contributed by atoms with van der Waals surface area (Å²) in [6.07, 6.45) is 3.66. The maximum Gasteiger partial charge on any atom is 0.337 e. The highest BCUT2D eigenvalue weighted by Gasteiger charge is 2.18. The quantitative estimate of drug-likeness (QED) is 0.828. The zero-order chi connectivity index (χ0) is 13.0. The van der Waals surface area contributed by atoms with E-state index >= 15 is 0 Å². The Bertz CT molecular complexity index is 452. The van der Waals surface area contributed by atoms with Gasteiger partial charge < -0.3 is 10.1 Å². The van der Waals surface area contributed by atoms with Crippen molar-refractivity contribution in [2.45, 2.75) is 19.3 Å². The summed E-state index contributed by atoms with van der Waals surface area (Å²) in [5.74, 6) is 0.0639. The normalized spacial score (nSPS) is 14.7. The number of rotatable bonds is 4. The number of hydrogen-bond donors (Lipinski definition) is 1. The van der Waals surface area contributed by atoms with E-state index in [1.165, 1.54) is 26.4 Å². The number of esters is 1. The molecule has 0 aromatic heterocycles. The fourth-order valence-electron chi connectivity index (χ4n) is 1.94. The average Bonchev–Trinajstić information content (AvgIpc) is 2.36. The van der Waals surface area contributed by atoms with Gasteiger partial charge in [0, 0.05) is 12.1 Å². The number of carbonyl (C=O) groups excluding carboxylic acids is 2. The van der Waals surface area contributed by atoms with E-state index < -0.39 is 5.97 Å². The average molecular weight is 247 g/mol. The van der Waals surface area contributed by atoms with Gasteiger partial charge in [-0.2, -0.15) is 0 Å². The van der Waals surface area contributed by atoms with Crippen molar-refractivity contribution in [2.75, 3.05) is 13.7 Å². The second-order valence-corrected chi connectivity index (χ2v) is 4.58. The minimum absolute atomic E-state index is 0.132. The lowest BCUT2D eigenvalue weighted by Crippen LogP contribution is -2.32. The number of hydrogen-bond acceptors (Lipinski definition) is 3. The molecule has 1 N–H and O–H groups in total. The smallest absolute Gasteiger partial charge is 0.337 e. The molecule has 96 valence electrons. The minimum atomic E-state index is -0.427. The van der Waals surface area contributed by atoms with E-state index in [1.807, 2.05) is 0 Å². The van der Waals surface area contributed by atoms with Gasteiger partial charge in [-0.3, -0.25) is 4.79 Å². The number of ether oxygens (including phenoxy) is 1. The van der Waals surface area contributed by atoms with Crippen LogP contribution in [0.1, 0.15) is 40.0 Å². The van der Waals surface area contributed by atoms with Crippen molar-refractivity contribution in [3.8, 4) is 0 Å². The number of amides is 1. The summed E-state index contributed by atoms with van der Waals surface area (Å²) >= 11 is 0. The molecule has 0 atom stereocenters. The van der Waals surface area contributed by atoms with E-state index in [0.717, 1.165) is 6.54 Å². The predicted octanol–water partition coefficient (Wildman–Crippen LogP) is 2.00. The summed E-state index contributed by atoms with van der Waals surface area (Å²) in [7, 11) is 1.33. The number of nitrogens with one attached hydrogen (secondary N) is 1. The van der Waals surface area contributed by atoms with Crippen molar-refractivity contribution in [2.24, 2.45) is 5.92 Å². The van der Waals surface area contributed by atoms with E-state index in [-0.39, 0.29) is 5.91 Å². The van der Waals surface area contributed by atoms with Gasteiger partial charge in [-0.25, -0.2) is 4.79 Å². The van der Waals surface area contributed by atoms with Crippen molar-refractivity contribution in [1.29, 1.82) is 0 Å². The third kappa shape index (κ3) is 2.88. The van der Waals surface area contributed by atoms with Crippen LogP contribution in [-0.4, -0.2) is 25.5 Å². The highest BCUT2D eigenvalue weighted by Crippen LogP contribution is 2.25. The van der Waals surface area contributed by atoms with Crippen molar-refractivity contribution < 1.29 is 14.3 Å². The molecule has 18 heavy (non-hydrogen) atoms. The second-order valence-electron chi connectivity index (χ2n) is 4.58. The zero-order valence-electron chi connectivity index (χ0n) is 10.4. The molecule has 0 unspecified atom stereocenters. The Kier molecular flexibility index (Phi) is 3.97. The standard InChI is InChI=1S/C14H17NO3/c1-18-14(17)12-7-3-6-11(8-12)13(16)15-9-10-4-2-5-10/h3,6-8,10H,2,4-5,9H2,1H3,(H,15,16). The van der Waals surface area contributed by atoms with E-state index in [2.05, 4.69) is 10.1 Å². The fourth-order valence-corrected chi connectivity index (χ4v) is 1.94. The summed E-state index contributed by atoms with van der Waals surface area (Å²) in [5, 5.41) is 2.89. The van der Waals surface area contributed by atoms with Crippen molar-refractivity contribution in [1.82, 2.24) is 5.32 Å². The summed E-state index contributed by atoms with van der Waals surface area (Å²) in [6.45, 7) is 0.723. The molecule has 1 aliphatic carbocycles. The van der Waals surface area contributed by atoms with Crippen LogP contribution in [0.4, 0.5) is 0 Å². The van der Waals surface area contributed by atoms with Gasteiger partial charge in [-0.15, -0.1) is 0 Å². The number of methoxy groups -OCH3 is 1. The van der Waals surface area contributed by atoms with Crippen LogP contribution in [0.5, 0.6) is 0 Å². The van der Waals surface area contributed by atoms with Crippen LogP contribution in [-0.2, 0) is 4.74 Å². The van der Waals surface area contributed by atoms with Crippen LogP contribution in [0, 0.1) is 5.92 Å². The first kappa shape index (κ1) is 12.6. The van der Waals surface area contributed by atoms with Gasteiger partial charge in [0.1, 0.15) is 0 Å². The first-order chi connectivity index (χ1) is 8.70. The fraction of sp³-hybridized carbons (Fsp3) is 0.429. The molecule has 1 aromatic rings. The Hall–Kier alpha value is -1.84. The molecule has 1 aromatic carbocycles. The lowest BCUT2D eigenvalue weighted by Gasteiger charge is -2.25. The van der Waals surface area contributed by atoms with E-state index in [4.69, 9.17) is 0 Å². The molecule has 0 saturated heterocycles. The first-order valence-corrected chi connectivity index (χ1v) is 6.17. The lowest BCUT2D eigenvalue weighted by molar-refractivity contribution is 0.0600. The van der Waals surface area contributed by atoms with Crippen LogP contribution in [0.2, 0.25) is 0 Å². The van der Waals surface area contributed by atoms with Crippen molar-refractivity contribution >= 4 is 11.9 Å². The second kappa shape index (κ2) is 5.67. The van der Waals surface area contributed by atoms with E-state index in [1.54, 1.807) is 24.3 Å². The van der Waals surface area contributed by atoms with Gasteiger partial charge in [-0.05, 0) is 37.0 Å². The Balaban J connectivity index is 1.98. The molecule has 4 nitrogen and oxygen atoms in total. The van der Waals surface area contributed by atoms with Crippen LogP contribution in [0.25, 0.3) is 0 Å². The SMILES string of the molecule is COC(=O)c1cccc(C(=O)NCC2CCC2)c1. The van der Waals surface area contributed by atoms with Gasteiger partial charge in [0.15, 0.2) is 0 Å². The molecule has 0 heterocycles. The van der Waals surface area contributed by atoms with Gasteiger partial charge in [-0.1, -0.05) is 12.5 Å². The van der Waals surface area contributed by atoms with Gasteiger partial charge in [0.25, 0.3) is 5.91 Å². The van der Waals surface area contributed by atoms with Crippen LogP contribution in [0.3, 0.4) is 0 Å². The van der Waals surface area contributed by atoms with Gasteiger partial charge in [0.2, 0.25) is 0 Å². The number of benzene rings is 1. The molecule has 4 heteroatoms. The predicted molar refractivity (Wildman–Crippen MR) is 67.5 cm³/mol.